The van der Waals surface area contributed by atoms with Crippen molar-refractivity contribution in [2.24, 2.45) is 0 Å². The average molecular weight is 381 g/mol. The smallest absolute Gasteiger partial charge is 0.256 e. The van der Waals surface area contributed by atoms with Gasteiger partial charge in [0, 0.05) is 13.1 Å². The summed E-state index contributed by atoms with van der Waals surface area (Å²) in [6.45, 7) is 0.611. The Kier molecular flexibility index (Phi) is 4.81. The van der Waals surface area contributed by atoms with Crippen LogP contribution >= 0.6 is 0 Å². The minimum atomic E-state index is -0.523. The maximum Gasteiger partial charge on any atom is 0.256 e. The molecule has 0 saturated carbocycles. The topological polar surface area (TPSA) is 69.7 Å². The Morgan fingerprint density at radius 1 is 1.11 bits per heavy atom. The van der Waals surface area contributed by atoms with Crippen LogP contribution in [0.25, 0.3) is 0 Å². The Bertz CT molecular complexity index is 929. The van der Waals surface area contributed by atoms with Crippen molar-refractivity contribution in [3.63, 3.8) is 0 Å². The number of fused-ring (bicyclic) bond motifs is 2. The van der Waals surface area contributed by atoms with Gasteiger partial charge in [0.05, 0.1) is 11.3 Å². The summed E-state index contributed by atoms with van der Waals surface area (Å²) in [6, 6.07) is 12.2. The van der Waals surface area contributed by atoms with Crippen LogP contribution in [0.5, 0.6) is 0 Å². The van der Waals surface area contributed by atoms with Crippen LogP contribution in [0.15, 0.2) is 48.5 Å². The molecule has 4 rings (SSSR count). The van der Waals surface area contributed by atoms with Gasteiger partial charge in [0.25, 0.3) is 5.91 Å². The van der Waals surface area contributed by atoms with E-state index in [0.717, 1.165) is 12.0 Å². The molecule has 2 heterocycles. The lowest BCUT2D eigenvalue weighted by molar-refractivity contribution is -0.125. The molecule has 2 aliphatic rings. The minimum Gasteiger partial charge on any atom is -0.350 e. The average Bonchev–Trinajstić information content (AvgIpc) is 3.18. The predicted molar refractivity (Wildman–Crippen MR) is 101 cm³/mol. The highest BCUT2D eigenvalue weighted by molar-refractivity contribution is 6.12. The molecule has 0 aliphatic carbocycles. The molecule has 6 nitrogen and oxygen atoms in total. The quantitative estimate of drug-likeness (QED) is 0.882. The SMILES string of the molecule is O=C(CN1C(=O)[C@H]2CCCN2C(=O)c2ccccc21)NCc1ccc(F)cc1. The lowest BCUT2D eigenvalue weighted by Gasteiger charge is -2.25. The fourth-order valence-corrected chi connectivity index (χ4v) is 3.78. The highest BCUT2D eigenvalue weighted by Crippen LogP contribution is 2.32. The molecule has 144 valence electrons. The molecule has 2 aromatic rings. The number of anilines is 1. The Labute approximate surface area is 161 Å². The van der Waals surface area contributed by atoms with Crippen LogP contribution in [0, 0.1) is 5.82 Å². The number of hydrogen-bond donors (Lipinski definition) is 1. The van der Waals surface area contributed by atoms with E-state index in [1.165, 1.54) is 17.0 Å². The maximum atomic E-state index is 13.1. The molecule has 1 fully saturated rings. The van der Waals surface area contributed by atoms with E-state index in [0.29, 0.717) is 24.2 Å². The number of halogens is 1. The first kappa shape index (κ1) is 18.2. The van der Waals surface area contributed by atoms with Crippen molar-refractivity contribution in [2.75, 3.05) is 18.0 Å². The minimum absolute atomic E-state index is 0.166. The van der Waals surface area contributed by atoms with Crippen LogP contribution in [0.2, 0.25) is 0 Å². The summed E-state index contributed by atoms with van der Waals surface area (Å²) < 4.78 is 13.0. The first-order valence-corrected chi connectivity index (χ1v) is 9.27. The van der Waals surface area contributed by atoms with E-state index in [4.69, 9.17) is 0 Å². The molecule has 1 N–H and O–H groups in total. The molecule has 28 heavy (non-hydrogen) atoms. The number of para-hydroxylation sites is 1. The zero-order chi connectivity index (χ0) is 19.7. The molecule has 0 radical (unpaired) electrons. The van der Waals surface area contributed by atoms with E-state index in [9.17, 15) is 18.8 Å². The molecule has 1 atom stereocenters. The van der Waals surface area contributed by atoms with Gasteiger partial charge in [-0.25, -0.2) is 4.39 Å². The lowest BCUT2D eigenvalue weighted by atomic mass is 10.1. The van der Waals surface area contributed by atoms with Gasteiger partial charge in [0.15, 0.2) is 0 Å². The molecule has 0 unspecified atom stereocenters. The summed E-state index contributed by atoms with van der Waals surface area (Å²) in [5, 5.41) is 2.75. The van der Waals surface area contributed by atoms with Gasteiger partial charge in [-0.15, -0.1) is 0 Å². The number of nitrogens with zero attached hydrogens (tertiary/aromatic N) is 2. The van der Waals surface area contributed by atoms with E-state index in [-0.39, 0.29) is 36.6 Å². The highest BCUT2D eigenvalue weighted by Gasteiger charge is 2.42. The third-order valence-electron chi connectivity index (χ3n) is 5.19. The molecule has 0 spiro atoms. The van der Waals surface area contributed by atoms with Crippen LogP contribution in [0.3, 0.4) is 0 Å². The maximum absolute atomic E-state index is 13.1. The third-order valence-corrected chi connectivity index (χ3v) is 5.19. The first-order valence-electron chi connectivity index (χ1n) is 9.27. The van der Waals surface area contributed by atoms with Crippen LogP contribution < -0.4 is 10.2 Å². The molecule has 0 bridgehead atoms. The van der Waals surface area contributed by atoms with Crippen molar-refractivity contribution < 1.29 is 18.8 Å². The Balaban J connectivity index is 1.54. The van der Waals surface area contributed by atoms with Gasteiger partial charge in [0.1, 0.15) is 18.4 Å². The van der Waals surface area contributed by atoms with Crippen molar-refractivity contribution in [3.05, 3.63) is 65.5 Å². The monoisotopic (exact) mass is 381 g/mol. The van der Waals surface area contributed by atoms with E-state index in [2.05, 4.69) is 5.32 Å². The van der Waals surface area contributed by atoms with Gasteiger partial charge in [0.2, 0.25) is 11.8 Å². The number of amides is 3. The number of carbonyl (C=O) groups is 3. The zero-order valence-corrected chi connectivity index (χ0v) is 15.2. The number of rotatable bonds is 4. The second kappa shape index (κ2) is 7.42. The second-order valence-electron chi connectivity index (χ2n) is 7.00. The van der Waals surface area contributed by atoms with E-state index in [1.807, 2.05) is 0 Å². The zero-order valence-electron chi connectivity index (χ0n) is 15.2. The summed E-state index contributed by atoms with van der Waals surface area (Å²) in [6.07, 6.45) is 1.38. The van der Waals surface area contributed by atoms with Crippen molar-refractivity contribution in [3.8, 4) is 0 Å². The molecule has 2 aliphatic heterocycles. The molecule has 0 aromatic heterocycles. The second-order valence-corrected chi connectivity index (χ2v) is 7.00. The van der Waals surface area contributed by atoms with Crippen molar-refractivity contribution in [2.45, 2.75) is 25.4 Å². The molecule has 7 heteroatoms. The molecule has 1 saturated heterocycles. The molecular formula is C21H20FN3O3. The largest absolute Gasteiger partial charge is 0.350 e. The first-order chi connectivity index (χ1) is 13.5. The summed E-state index contributed by atoms with van der Waals surface area (Å²) in [4.78, 5) is 41.5. The lowest BCUT2D eigenvalue weighted by Crippen LogP contribution is -2.48. The van der Waals surface area contributed by atoms with Crippen LogP contribution in [0.4, 0.5) is 10.1 Å². The van der Waals surface area contributed by atoms with Crippen LogP contribution in [0.1, 0.15) is 28.8 Å². The van der Waals surface area contributed by atoms with E-state index in [1.54, 1.807) is 41.3 Å². The molecule has 2 aromatic carbocycles. The van der Waals surface area contributed by atoms with Crippen molar-refractivity contribution in [1.82, 2.24) is 10.2 Å². The summed E-state index contributed by atoms with van der Waals surface area (Å²) >= 11 is 0. The van der Waals surface area contributed by atoms with E-state index < -0.39 is 6.04 Å². The Morgan fingerprint density at radius 3 is 2.64 bits per heavy atom. The van der Waals surface area contributed by atoms with Crippen LogP contribution in [-0.4, -0.2) is 41.8 Å². The predicted octanol–water partition coefficient (Wildman–Crippen LogP) is 2.09. The summed E-state index contributed by atoms with van der Waals surface area (Å²) in [7, 11) is 0. The molecular weight excluding hydrogens is 361 g/mol. The Hall–Kier alpha value is -3.22. The van der Waals surface area contributed by atoms with Crippen molar-refractivity contribution in [1.29, 1.82) is 0 Å². The third kappa shape index (κ3) is 3.35. The number of carbonyl (C=O) groups excluding carboxylic acids is 3. The van der Waals surface area contributed by atoms with Gasteiger partial charge >= 0.3 is 0 Å². The standard InChI is InChI=1S/C21H20FN3O3/c22-15-9-7-14(8-10-15)12-23-19(26)13-25-17-5-2-1-4-16(17)20(27)24-11-3-6-18(24)21(25)28/h1-2,4-5,7-10,18H,3,6,11-13H2,(H,23,26)/t18-/m1/s1. The fourth-order valence-electron chi connectivity index (χ4n) is 3.78. The van der Waals surface area contributed by atoms with Gasteiger partial charge in [-0.2, -0.15) is 0 Å². The van der Waals surface area contributed by atoms with Crippen LogP contribution in [-0.2, 0) is 16.1 Å². The van der Waals surface area contributed by atoms with Gasteiger partial charge in [-0.3, -0.25) is 14.4 Å². The highest BCUT2D eigenvalue weighted by atomic mass is 19.1. The van der Waals surface area contributed by atoms with Gasteiger partial charge in [-0.1, -0.05) is 24.3 Å². The van der Waals surface area contributed by atoms with Gasteiger partial charge < -0.3 is 15.1 Å². The van der Waals surface area contributed by atoms with Crippen molar-refractivity contribution >= 4 is 23.4 Å². The number of nitrogens with one attached hydrogen (secondary N) is 1. The molecule has 3 amide bonds. The number of benzene rings is 2. The Morgan fingerprint density at radius 2 is 1.86 bits per heavy atom. The van der Waals surface area contributed by atoms with Gasteiger partial charge in [-0.05, 0) is 42.7 Å². The van der Waals surface area contributed by atoms with E-state index >= 15 is 0 Å². The fraction of sp³-hybridized carbons (Fsp3) is 0.286. The normalized spacial score (nSPS) is 18.5. The number of hydrogen-bond acceptors (Lipinski definition) is 3. The summed E-state index contributed by atoms with van der Waals surface area (Å²) in [5.74, 6) is -1.08. The summed E-state index contributed by atoms with van der Waals surface area (Å²) in [5.41, 5.74) is 1.66.